The van der Waals surface area contributed by atoms with Gasteiger partial charge in [-0.2, -0.15) is 0 Å². The summed E-state index contributed by atoms with van der Waals surface area (Å²) in [6, 6.07) is 9.34. The van der Waals surface area contributed by atoms with E-state index in [0.717, 1.165) is 18.1 Å². The molecule has 2 rings (SSSR count). The van der Waals surface area contributed by atoms with Crippen LogP contribution < -0.4 is 5.32 Å². The minimum atomic E-state index is 0.262. The molecule has 0 aromatic heterocycles. The lowest BCUT2D eigenvalue weighted by atomic mass is 9.86. The van der Waals surface area contributed by atoms with E-state index in [1.807, 2.05) is 6.07 Å². The van der Waals surface area contributed by atoms with Crippen molar-refractivity contribution in [3.63, 3.8) is 0 Å². The summed E-state index contributed by atoms with van der Waals surface area (Å²) in [7, 11) is 0. The number of nitrogens with zero attached hydrogens (tertiary/aromatic N) is 1. The lowest BCUT2D eigenvalue weighted by Gasteiger charge is -2.49. The maximum Gasteiger partial charge on any atom is 0.0409 e. The van der Waals surface area contributed by atoms with Gasteiger partial charge in [-0.05, 0) is 43.9 Å². The second-order valence-electron chi connectivity index (χ2n) is 6.33. The lowest BCUT2D eigenvalue weighted by Crippen LogP contribution is -2.63. The monoisotopic (exact) mass is 308 g/mol. The van der Waals surface area contributed by atoms with E-state index in [2.05, 4.69) is 56.1 Å². The second-order valence-corrected chi connectivity index (χ2v) is 6.77. The van der Waals surface area contributed by atoms with Gasteiger partial charge in [-0.25, -0.2) is 0 Å². The Labute approximate surface area is 134 Å². The SMILES string of the molecule is CCC1CNC(CC)(CC)CN1C(C)c1cccc(Cl)c1. The molecule has 21 heavy (non-hydrogen) atoms. The smallest absolute Gasteiger partial charge is 0.0409 e. The number of piperazine rings is 1. The maximum absolute atomic E-state index is 6.18. The van der Waals surface area contributed by atoms with Crippen LogP contribution in [-0.4, -0.2) is 29.6 Å². The van der Waals surface area contributed by atoms with Crippen molar-refractivity contribution in [1.82, 2.24) is 10.2 Å². The second kappa shape index (κ2) is 7.13. The van der Waals surface area contributed by atoms with Gasteiger partial charge in [0.2, 0.25) is 0 Å². The number of hydrogen-bond acceptors (Lipinski definition) is 2. The standard InChI is InChI=1S/C18H29ClN2/c1-5-17-12-20-18(6-2,7-3)13-21(17)14(4)15-9-8-10-16(19)11-15/h8-11,14,17,20H,5-7,12-13H2,1-4H3. The zero-order valence-electron chi connectivity index (χ0n) is 13.8. The third kappa shape index (κ3) is 3.61. The molecule has 2 unspecified atom stereocenters. The van der Waals surface area contributed by atoms with Gasteiger partial charge in [0.1, 0.15) is 0 Å². The molecule has 1 saturated heterocycles. The lowest BCUT2D eigenvalue weighted by molar-refractivity contribution is 0.0400. The van der Waals surface area contributed by atoms with Gasteiger partial charge < -0.3 is 5.32 Å². The van der Waals surface area contributed by atoms with Crippen LogP contribution in [0.1, 0.15) is 58.6 Å². The molecule has 1 aliphatic heterocycles. The number of rotatable bonds is 5. The van der Waals surface area contributed by atoms with Crippen molar-refractivity contribution in [2.45, 2.75) is 64.6 Å². The van der Waals surface area contributed by atoms with Crippen LogP contribution in [0.25, 0.3) is 0 Å². The van der Waals surface area contributed by atoms with Crippen LogP contribution in [0, 0.1) is 0 Å². The molecule has 0 bridgehead atoms. The van der Waals surface area contributed by atoms with Gasteiger partial charge in [-0.15, -0.1) is 0 Å². The highest BCUT2D eigenvalue weighted by Gasteiger charge is 2.38. The van der Waals surface area contributed by atoms with E-state index in [0.29, 0.717) is 12.1 Å². The first-order valence-corrected chi connectivity index (χ1v) is 8.69. The summed E-state index contributed by atoms with van der Waals surface area (Å²) in [6.07, 6.45) is 3.54. The van der Waals surface area contributed by atoms with Gasteiger partial charge >= 0.3 is 0 Å². The molecule has 0 radical (unpaired) electrons. The molecule has 118 valence electrons. The molecule has 0 amide bonds. The van der Waals surface area contributed by atoms with Gasteiger partial charge in [-0.3, -0.25) is 4.90 Å². The fourth-order valence-electron chi connectivity index (χ4n) is 3.50. The van der Waals surface area contributed by atoms with Gasteiger partial charge in [0, 0.05) is 35.7 Å². The molecule has 1 aromatic carbocycles. The average molecular weight is 309 g/mol. The normalized spacial score (nSPS) is 24.0. The summed E-state index contributed by atoms with van der Waals surface area (Å²) in [5.41, 5.74) is 1.59. The van der Waals surface area contributed by atoms with Crippen molar-refractivity contribution < 1.29 is 0 Å². The third-order valence-electron chi connectivity index (χ3n) is 5.32. The Morgan fingerprint density at radius 1 is 1.33 bits per heavy atom. The van der Waals surface area contributed by atoms with Crippen LogP contribution in [0.5, 0.6) is 0 Å². The number of benzene rings is 1. The molecule has 2 atom stereocenters. The number of halogens is 1. The minimum Gasteiger partial charge on any atom is -0.308 e. The van der Waals surface area contributed by atoms with Gasteiger partial charge in [0.15, 0.2) is 0 Å². The van der Waals surface area contributed by atoms with Gasteiger partial charge in [0.25, 0.3) is 0 Å². The number of nitrogens with one attached hydrogen (secondary N) is 1. The summed E-state index contributed by atoms with van der Waals surface area (Å²) >= 11 is 6.18. The first kappa shape index (κ1) is 16.8. The van der Waals surface area contributed by atoms with Crippen molar-refractivity contribution in [3.05, 3.63) is 34.9 Å². The Hall–Kier alpha value is -0.570. The fraction of sp³-hybridized carbons (Fsp3) is 0.667. The van der Waals surface area contributed by atoms with Crippen molar-refractivity contribution in [3.8, 4) is 0 Å². The average Bonchev–Trinajstić information content (AvgIpc) is 2.53. The molecule has 0 spiro atoms. The molecule has 0 aliphatic carbocycles. The van der Waals surface area contributed by atoms with Crippen molar-refractivity contribution in [2.75, 3.05) is 13.1 Å². The molecule has 2 nitrogen and oxygen atoms in total. The summed E-state index contributed by atoms with van der Waals surface area (Å²) in [4.78, 5) is 2.68. The zero-order valence-corrected chi connectivity index (χ0v) is 14.6. The van der Waals surface area contributed by atoms with Crippen molar-refractivity contribution in [2.24, 2.45) is 0 Å². The van der Waals surface area contributed by atoms with Crippen LogP contribution >= 0.6 is 11.6 Å². The highest BCUT2D eigenvalue weighted by atomic mass is 35.5. The van der Waals surface area contributed by atoms with E-state index in [1.165, 1.54) is 24.8 Å². The molecule has 1 heterocycles. The van der Waals surface area contributed by atoms with E-state index < -0.39 is 0 Å². The Bertz CT molecular complexity index is 456. The quantitative estimate of drug-likeness (QED) is 0.852. The predicted octanol–water partition coefficient (Wildman–Crippen LogP) is 4.64. The minimum absolute atomic E-state index is 0.262. The Kier molecular flexibility index (Phi) is 5.70. The van der Waals surface area contributed by atoms with Gasteiger partial charge in [0.05, 0.1) is 0 Å². The van der Waals surface area contributed by atoms with E-state index in [1.54, 1.807) is 0 Å². The molecule has 3 heteroatoms. The van der Waals surface area contributed by atoms with Crippen LogP contribution in [0.4, 0.5) is 0 Å². The van der Waals surface area contributed by atoms with E-state index in [9.17, 15) is 0 Å². The highest BCUT2D eigenvalue weighted by Crippen LogP contribution is 2.32. The summed E-state index contributed by atoms with van der Waals surface area (Å²) in [6.45, 7) is 11.4. The van der Waals surface area contributed by atoms with Crippen LogP contribution in [-0.2, 0) is 0 Å². The van der Waals surface area contributed by atoms with Crippen molar-refractivity contribution >= 4 is 11.6 Å². The topological polar surface area (TPSA) is 15.3 Å². The van der Waals surface area contributed by atoms with E-state index >= 15 is 0 Å². The van der Waals surface area contributed by atoms with Crippen LogP contribution in [0.3, 0.4) is 0 Å². The van der Waals surface area contributed by atoms with Crippen LogP contribution in [0.2, 0.25) is 5.02 Å². The molecule has 1 aliphatic rings. The molecule has 1 aromatic rings. The maximum atomic E-state index is 6.18. The van der Waals surface area contributed by atoms with Gasteiger partial charge in [-0.1, -0.05) is 44.5 Å². The summed E-state index contributed by atoms with van der Waals surface area (Å²) < 4.78 is 0. The third-order valence-corrected chi connectivity index (χ3v) is 5.56. The summed E-state index contributed by atoms with van der Waals surface area (Å²) in [5.74, 6) is 0. The zero-order chi connectivity index (χ0) is 15.5. The Morgan fingerprint density at radius 3 is 2.62 bits per heavy atom. The molecular formula is C18H29ClN2. The molecule has 1 fully saturated rings. The van der Waals surface area contributed by atoms with E-state index in [-0.39, 0.29) is 5.54 Å². The summed E-state index contributed by atoms with van der Waals surface area (Å²) in [5, 5.41) is 4.65. The highest BCUT2D eigenvalue weighted by molar-refractivity contribution is 6.30. The predicted molar refractivity (Wildman–Crippen MR) is 92.0 cm³/mol. The Balaban J connectivity index is 2.24. The first-order valence-electron chi connectivity index (χ1n) is 8.31. The van der Waals surface area contributed by atoms with E-state index in [4.69, 9.17) is 11.6 Å². The number of hydrogen-bond donors (Lipinski definition) is 1. The largest absolute Gasteiger partial charge is 0.308 e. The molecular weight excluding hydrogens is 280 g/mol. The first-order chi connectivity index (χ1) is 10.0. The Morgan fingerprint density at radius 2 is 2.05 bits per heavy atom. The fourth-order valence-corrected chi connectivity index (χ4v) is 3.70. The van der Waals surface area contributed by atoms with Crippen molar-refractivity contribution in [1.29, 1.82) is 0 Å². The molecule has 1 N–H and O–H groups in total. The van der Waals surface area contributed by atoms with Crippen LogP contribution in [0.15, 0.2) is 24.3 Å². The molecule has 0 saturated carbocycles.